The molecule has 2 amide bonds. The number of amides is 2. The fraction of sp³-hybridized carbons (Fsp3) is 0.429. The highest BCUT2D eigenvalue weighted by molar-refractivity contribution is 5.94. The number of hydrogen-bond donors (Lipinski definition) is 1. The molecule has 1 aromatic rings. The Bertz CT molecular complexity index is 421. The zero-order chi connectivity index (χ0) is 13.8. The second-order valence-electron chi connectivity index (χ2n) is 5.19. The Morgan fingerprint density at radius 3 is 2.17 bits per heavy atom. The number of rotatable bonds is 3. The van der Waals surface area contributed by atoms with Crippen LogP contribution in [0, 0.1) is 0 Å². The van der Waals surface area contributed by atoms with E-state index < -0.39 is 0 Å². The Kier molecular flexibility index (Phi) is 4.48. The van der Waals surface area contributed by atoms with Crippen molar-refractivity contribution in [2.75, 3.05) is 11.9 Å². The monoisotopic (exact) mass is 248 g/mol. The molecule has 0 spiro atoms. The van der Waals surface area contributed by atoms with Gasteiger partial charge in [0.15, 0.2) is 0 Å². The molecule has 1 rings (SSSR count). The van der Waals surface area contributed by atoms with Crippen LogP contribution in [0.1, 0.15) is 27.7 Å². The number of hydrogen-bond acceptors (Lipinski definition) is 2. The molecule has 0 saturated heterocycles. The topological polar surface area (TPSA) is 49.4 Å². The van der Waals surface area contributed by atoms with Crippen LogP contribution in [-0.4, -0.2) is 28.8 Å². The summed E-state index contributed by atoms with van der Waals surface area (Å²) in [6, 6.07) is 9.21. The maximum Gasteiger partial charge on any atom is 0.244 e. The van der Waals surface area contributed by atoms with Crippen molar-refractivity contribution in [3.63, 3.8) is 0 Å². The molecule has 0 bridgehead atoms. The number of para-hydroxylation sites is 1. The van der Waals surface area contributed by atoms with Crippen LogP contribution in [0.5, 0.6) is 0 Å². The third kappa shape index (κ3) is 4.20. The summed E-state index contributed by atoms with van der Waals surface area (Å²) >= 11 is 0. The maximum absolute atomic E-state index is 11.9. The van der Waals surface area contributed by atoms with Crippen LogP contribution >= 0.6 is 0 Å². The van der Waals surface area contributed by atoms with E-state index in [1.54, 1.807) is 4.90 Å². The van der Waals surface area contributed by atoms with Gasteiger partial charge in [0.05, 0.1) is 0 Å². The SMILES string of the molecule is CC(=O)N(CC(=O)Nc1ccccc1)C(C)(C)C. The van der Waals surface area contributed by atoms with E-state index in [0.717, 1.165) is 5.69 Å². The summed E-state index contributed by atoms with van der Waals surface area (Å²) in [4.78, 5) is 24.9. The van der Waals surface area contributed by atoms with Crippen LogP contribution in [0.15, 0.2) is 30.3 Å². The third-order valence-electron chi connectivity index (χ3n) is 2.55. The minimum atomic E-state index is -0.361. The Morgan fingerprint density at radius 1 is 1.17 bits per heavy atom. The molecule has 0 aromatic heterocycles. The van der Waals surface area contributed by atoms with Gasteiger partial charge in [0, 0.05) is 18.2 Å². The van der Waals surface area contributed by atoms with Gasteiger partial charge in [0.1, 0.15) is 6.54 Å². The minimum absolute atomic E-state index is 0.0632. The second kappa shape index (κ2) is 5.67. The van der Waals surface area contributed by atoms with E-state index in [9.17, 15) is 9.59 Å². The number of nitrogens with zero attached hydrogens (tertiary/aromatic N) is 1. The summed E-state index contributed by atoms with van der Waals surface area (Å²) in [5.41, 5.74) is 0.375. The molecule has 0 heterocycles. The molecule has 0 atom stereocenters. The first-order valence-corrected chi connectivity index (χ1v) is 5.94. The summed E-state index contributed by atoms with van der Waals surface area (Å²) in [5.74, 6) is -0.294. The van der Waals surface area contributed by atoms with Crippen molar-refractivity contribution in [2.45, 2.75) is 33.2 Å². The lowest BCUT2D eigenvalue weighted by atomic mass is 10.1. The van der Waals surface area contributed by atoms with Crippen LogP contribution in [0.4, 0.5) is 5.69 Å². The highest BCUT2D eigenvalue weighted by Gasteiger charge is 2.25. The highest BCUT2D eigenvalue weighted by atomic mass is 16.2. The predicted octanol–water partition coefficient (Wildman–Crippen LogP) is 2.27. The molecule has 0 aliphatic heterocycles. The normalized spacial score (nSPS) is 10.9. The van der Waals surface area contributed by atoms with Gasteiger partial charge in [-0.3, -0.25) is 9.59 Å². The molecule has 0 aliphatic carbocycles. The summed E-state index contributed by atoms with van der Waals surface area (Å²) in [6.45, 7) is 7.26. The fourth-order valence-corrected chi connectivity index (χ4v) is 1.69. The number of carbonyl (C=O) groups is 2. The molecule has 0 radical (unpaired) electrons. The summed E-state index contributed by atoms with van der Waals surface area (Å²) in [7, 11) is 0. The van der Waals surface area contributed by atoms with Crippen LogP contribution in [0.2, 0.25) is 0 Å². The Balaban J connectivity index is 2.66. The van der Waals surface area contributed by atoms with E-state index >= 15 is 0 Å². The maximum atomic E-state index is 11.9. The number of anilines is 1. The molecule has 1 aromatic carbocycles. The molecule has 1 N–H and O–H groups in total. The molecule has 18 heavy (non-hydrogen) atoms. The van der Waals surface area contributed by atoms with Gasteiger partial charge in [-0.05, 0) is 32.9 Å². The van der Waals surface area contributed by atoms with Gasteiger partial charge in [-0.15, -0.1) is 0 Å². The van der Waals surface area contributed by atoms with Crippen molar-refractivity contribution in [1.82, 2.24) is 4.90 Å². The third-order valence-corrected chi connectivity index (χ3v) is 2.55. The molecule has 0 aliphatic rings. The van der Waals surface area contributed by atoms with E-state index in [4.69, 9.17) is 0 Å². The smallest absolute Gasteiger partial charge is 0.244 e. The first-order valence-electron chi connectivity index (χ1n) is 5.94. The number of nitrogens with one attached hydrogen (secondary N) is 1. The van der Waals surface area contributed by atoms with Crippen LogP contribution in [0.25, 0.3) is 0 Å². The summed E-state index contributed by atoms with van der Waals surface area (Å²) in [6.07, 6.45) is 0. The van der Waals surface area contributed by atoms with Gasteiger partial charge in [0.25, 0.3) is 0 Å². The Hall–Kier alpha value is -1.84. The van der Waals surface area contributed by atoms with Gasteiger partial charge in [-0.1, -0.05) is 18.2 Å². The zero-order valence-corrected chi connectivity index (χ0v) is 11.4. The number of carbonyl (C=O) groups excluding carboxylic acids is 2. The molecule has 0 saturated carbocycles. The second-order valence-corrected chi connectivity index (χ2v) is 5.19. The van der Waals surface area contributed by atoms with Crippen LogP contribution in [-0.2, 0) is 9.59 Å². The van der Waals surface area contributed by atoms with E-state index in [0.29, 0.717) is 0 Å². The van der Waals surface area contributed by atoms with E-state index in [2.05, 4.69) is 5.32 Å². The van der Waals surface area contributed by atoms with Gasteiger partial charge >= 0.3 is 0 Å². The van der Waals surface area contributed by atoms with Gasteiger partial charge in [-0.25, -0.2) is 0 Å². The quantitative estimate of drug-likeness (QED) is 0.892. The van der Waals surface area contributed by atoms with Crippen molar-refractivity contribution in [1.29, 1.82) is 0 Å². The van der Waals surface area contributed by atoms with Gasteiger partial charge in [0.2, 0.25) is 11.8 Å². The molecule has 0 fully saturated rings. The zero-order valence-electron chi connectivity index (χ0n) is 11.4. The Morgan fingerprint density at radius 2 is 1.72 bits per heavy atom. The summed E-state index contributed by atoms with van der Waals surface area (Å²) in [5, 5.41) is 2.77. The number of benzene rings is 1. The van der Waals surface area contributed by atoms with E-state index in [1.165, 1.54) is 6.92 Å². The largest absolute Gasteiger partial charge is 0.329 e. The highest BCUT2D eigenvalue weighted by Crippen LogP contribution is 2.13. The molecule has 98 valence electrons. The van der Waals surface area contributed by atoms with Crippen molar-refractivity contribution in [3.8, 4) is 0 Å². The molecule has 4 heteroatoms. The van der Waals surface area contributed by atoms with Crippen LogP contribution in [0.3, 0.4) is 0 Å². The van der Waals surface area contributed by atoms with Crippen molar-refractivity contribution >= 4 is 17.5 Å². The standard InChI is InChI=1S/C14H20N2O2/c1-11(17)16(14(2,3)4)10-13(18)15-12-8-6-5-7-9-12/h5-9H,10H2,1-4H3,(H,15,18). The first kappa shape index (κ1) is 14.2. The Labute approximate surface area is 108 Å². The summed E-state index contributed by atoms with van der Waals surface area (Å²) < 4.78 is 0. The molecule has 4 nitrogen and oxygen atoms in total. The van der Waals surface area contributed by atoms with Crippen molar-refractivity contribution in [2.24, 2.45) is 0 Å². The van der Waals surface area contributed by atoms with E-state index in [-0.39, 0.29) is 23.9 Å². The van der Waals surface area contributed by atoms with Crippen molar-refractivity contribution in [3.05, 3.63) is 30.3 Å². The lowest BCUT2D eigenvalue weighted by Gasteiger charge is -2.34. The first-order chi connectivity index (χ1) is 8.30. The van der Waals surface area contributed by atoms with E-state index in [1.807, 2.05) is 51.1 Å². The lowest BCUT2D eigenvalue weighted by molar-refractivity contribution is -0.137. The molecular formula is C14H20N2O2. The average Bonchev–Trinajstić information content (AvgIpc) is 2.25. The molecule has 0 unspecified atom stereocenters. The van der Waals surface area contributed by atoms with Crippen molar-refractivity contribution < 1.29 is 9.59 Å². The predicted molar refractivity (Wildman–Crippen MR) is 72.2 cm³/mol. The van der Waals surface area contributed by atoms with Crippen LogP contribution < -0.4 is 5.32 Å². The van der Waals surface area contributed by atoms with Gasteiger partial charge in [-0.2, -0.15) is 0 Å². The average molecular weight is 248 g/mol. The van der Waals surface area contributed by atoms with Gasteiger partial charge < -0.3 is 10.2 Å². The lowest BCUT2D eigenvalue weighted by Crippen LogP contribution is -2.48. The fourth-order valence-electron chi connectivity index (χ4n) is 1.69. The minimum Gasteiger partial charge on any atom is -0.329 e. The molecular weight excluding hydrogens is 228 g/mol.